The second-order valence-electron chi connectivity index (χ2n) is 4.90. The number of methoxy groups -OCH3 is 1. The Kier molecular flexibility index (Phi) is 5.42. The van der Waals surface area contributed by atoms with Gasteiger partial charge in [-0.1, -0.05) is 22.9 Å². The monoisotopic (exact) mass is 352 g/mol. The molecule has 0 radical (unpaired) electrons. The molecule has 1 heterocycles. The summed E-state index contributed by atoms with van der Waals surface area (Å²) in [4.78, 5) is 0. The van der Waals surface area contributed by atoms with Crippen LogP contribution in [0.25, 0.3) is 0 Å². The molecular formula is C16H21BrN2O2. The summed E-state index contributed by atoms with van der Waals surface area (Å²) >= 11 is 3.49. The molecule has 21 heavy (non-hydrogen) atoms. The Balaban J connectivity index is 2.25. The van der Waals surface area contributed by atoms with Gasteiger partial charge >= 0.3 is 0 Å². The molecule has 1 atom stereocenters. The fraction of sp³-hybridized carbons (Fsp3) is 0.438. The minimum atomic E-state index is -0.596. The summed E-state index contributed by atoms with van der Waals surface area (Å²) in [6.45, 7) is 4.95. The minimum Gasteiger partial charge on any atom is -0.497 e. The van der Waals surface area contributed by atoms with E-state index in [2.05, 4.69) is 40.9 Å². The van der Waals surface area contributed by atoms with Crippen molar-refractivity contribution in [1.82, 2.24) is 9.78 Å². The summed E-state index contributed by atoms with van der Waals surface area (Å²) in [7, 11) is 1.62. The molecule has 2 rings (SSSR count). The highest BCUT2D eigenvalue weighted by atomic mass is 79.9. The van der Waals surface area contributed by atoms with E-state index < -0.39 is 6.10 Å². The van der Waals surface area contributed by atoms with Crippen LogP contribution in [0, 0.1) is 0 Å². The van der Waals surface area contributed by atoms with Crippen molar-refractivity contribution in [3.63, 3.8) is 0 Å². The molecule has 2 aromatic rings. The van der Waals surface area contributed by atoms with Gasteiger partial charge in [-0.2, -0.15) is 5.10 Å². The SMILES string of the molecule is CCc1cc(CC(O)c2cc(OC)ccc2Br)n(CC)n1. The van der Waals surface area contributed by atoms with Gasteiger partial charge in [-0.15, -0.1) is 0 Å². The molecule has 0 aliphatic heterocycles. The summed E-state index contributed by atoms with van der Waals surface area (Å²) in [5.41, 5.74) is 2.94. The number of aromatic nitrogens is 2. The van der Waals surface area contributed by atoms with Crippen LogP contribution in [-0.4, -0.2) is 22.0 Å². The van der Waals surface area contributed by atoms with Crippen LogP contribution in [0.2, 0.25) is 0 Å². The normalized spacial score (nSPS) is 12.4. The van der Waals surface area contributed by atoms with E-state index in [9.17, 15) is 5.11 Å². The highest BCUT2D eigenvalue weighted by Gasteiger charge is 2.16. The Labute approximate surface area is 133 Å². The average molecular weight is 353 g/mol. The fourth-order valence-corrected chi connectivity index (χ4v) is 2.85. The second kappa shape index (κ2) is 7.09. The Bertz CT molecular complexity index is 610. The average Bonchev–Trinajstić information content (AvgIpc) is 2.89. The lowest BCUT2D eigenvalue weighted by molar-refractivity contribution is 0.174. The molecule has 0 saturated heterocycles. The van der Waals surface area contributed by atoms with Gasteiger partial charge in [0, 0.05) is 23.1 Å². The first-order valence-electron chi connectivity index (χ1n) is 7.16. The molecule has 0 saturated carbocycles. The second-order valence-corrected chi connectivity index (χ2v) is 5.76. The largest absolute Gasteiger partial charge is 0.497 e. The maximum absolute atomic E-state index is 10.6. The van der Waals surface area contributed by atoms with Crippen molar-refractivity contribution >= 4 is 15.9 Å². The summed E-state index contributed by atoms with van der Waals surface area (Å²) in [5.74, 6) is 0.741. The molecule has 0 aliphatic carbocycles. The number of aliphatic hydroxyl groups excluding tert-OH is 1. The van der Waals surface area contributed by atoms with Gasteiger partial charge in [0.25, 0.3) is 0 Å². The van der Waals surface area contributed by atoms with Crippen LogP contribution in [0.3, 0.4) is 0 Å². The van der Waals surface area contributed by atoms with Crippen molar-refractivity contribution in [3.8, 4) is 5.75 Å². The summed E-state index contributed by atoms with van der Waals surface area (Å²) < 4.78 is 8.07. The van der Waals surface area contributed by atoms with Crippen molar-refractivity contribution < 1.29 is 9.84 Å². The molecule has 1 N–H and O–H groups in total. The molecule has 5 heteroatoms. The smallest absolute Gasteiger partial charge is 0.119 e. The van der Waals surface area contributed by atoms with E-state index in [4.69, 9.17) is 4.74 Å². The van der Waals surface area contributed by atoms with Gasteiger partial charge in [0.1, 0.15) is 5.75 Å². The van der Waals surface area contributed by atoms with Gasteiger partial charge in [0.15, 0.2) is 0 Å². The first-order valence-corrected chi connectivity index (χ1v) is 7.95. The Morgan fingerprint density at radius 3 is 2.71 bits per heavy atom. The summed E-state index contributed by atoms with van der Waals surface area (Å²) in [6, 6.07) is 7.70. The molecule has 4 nitrogen and oxygen atoms in total. The first-order chi connectivity index (χ1) is 10.1. The van der Waals surface area contributed by atoms with Crippen LogP contribution in [0.5, 0.6) is 5.75 Å². The van der Waals surface area contributed by atoms with Crippen molar-refractivity contribution in [3.05, 3.63) is 45.7 Å². The number of hydrogen-bond acceptors (Lipinski definition) is 3. The number of halogens is 1. The zero-order valence-electron chi connectivity index (χ0n) is 12.6. The number of nitrogens with zero attached hydrogens (tertiary/aromatic N) is 2. The molecule has 0 spiro atoms. The van der Waals surface area contributed by atoms with E-state index in [1.165, 1.54) is 0 Å². The predicted octanol–water partition coefficient (Wildman–Crippen LogP) is 3.51. The molecule has 114 valence electrons. The topological polar surface area (TPSA) is 47.3 Å². The Hall–Kier alpha value is -1.33. The number of ether oxygens (including phenoxy) is 1. The van der Waals surface area contributed by atoms with Crippen LogP contribution in [0.4, 0.5) is 0 Å². The van der Waals surface area contributed by atoms with Gasteiger partial charge in [-0.3, -0.25) is 4.68 Å². The van der Waals surface area contributed by atoms with E-state index in [1.54, 1.807) is 7.11 Å². The van der Waals surface area contributed by atoms with Crippen molar-refractivity contribution in [1.29, 1.82) is 0 Å². The lowest BCUT2D eigenvalue weighted by atomic mass is 10.0. The highest BCUT2D eigenvalue weighted by molar-refractivity contribution is 9.10. The predicted molar refractivity (Wildman–Crippen MR) is 86.6 cm³/mol. The molecule has 0 amide bonds. The van der Waals surface area contributed by atoms with Crippen LogP contribution in [0.15, 0.2) is 28.7 Å². The standard InChI is InChI=1S/C16H21BrN2O2/c1-4-11-8-12(19(5-2)18-11)9-16(20)14-10-13(21-3)6-7-15(14)17/h6-8,10,16,20H,4-5,9H2,1-3H3. The molecule has 1 unspecified atom stereocenters. The zero-order chi connectivity index (χ0) is 15.4. The minimum absolute atomic E-state index is 0.534. The lowest BCUT2D eigenvalue weighted by Crippen LogP contribution is -2.09. The van der Waals surface area contributed by atoms with Gasteiger partial charge < -0.3 is 9.84 Å². The van der Waals surface area contributed by atoms with E-state index in [0.29, 0.717) is 6.42 Å². The van der Waals surface area contributed by atoms with Crippen LogP contribution >= 0.6 is 15.9 Å². The maximum atomic E-state index is 10.6. The molecular weight excluding hydrogens is 332 g/mol. The van der Waals surface area contributed by atoms with Gasteiger partial charge in [-0.25, -0.2) is 0 Å². The number of hydrogen-bond donors (Lipinski definition) is 1. The maximum Gasteiger partial charge on any atom is 0.119 e. The molecule has 1 aromatic carbocycles. The third-order valence-corrected chi connectivity index (χ3v) is 4.26. The Morgan fingerprint density at radius 1 is 1.33 bits per heavy atom. The third kappa shape index (κ3) is 3.66. The van der Waals surface area contributed by atoms with Crippen LogP contribution in [0.1, 0.15) is 36.9 Å². The third-order valence-electron chi connectivity index (χ3n) is 3.54. The van der Waals surface area contributed by atoms with E-state index in [1.807, 2.05) is 22.9 Å². The number of aryl methyl sites for hydroxylation is 2. The molecule has 0 aliphatic rings. The van der Waals surface area contributed by atoms with Gasteiger partial charge in [0.05, 0.1) is 18.9 Å². The number of rotatable bonds is 6. The van der Waals surface area contributed by atoms with Crippen molar-refractivity contribution in [2.24, 2.45) is 0 Å². The van der Waals surface area contributed by atoms with Gasteiger partial charge in [-0.05, 0) is 43.2 Å². The Morgan fingerprint density at radius 2 is 2.10 bits per heavy atom. The summed E-state index contributed by atoms with van der Waals surface area (Å²) in [5, 5.41) is 15.1. The van der Waals surface area contributed by atoms with Gasteiger partial charge in [0.2, 0.25) is 0 Å². The van der Waals surface area contributed by atoms with E-state index in [-0.39, 0.29) is 0 Å². The van der Waals surface area contributed by atoms with Crippen LogP contribution in [-0.2, 0) is 19.4 Å². The van der Waals surface area contributed by atoms with E-state index >= 15 is 0 Å². The lowest BCUT2D eigenvalue weighted by Gasteiger charge is -2.14. The fourth-order valence-electron chi connectivity index (χ4n) is 2.34. The van der Waals surface area contributed by atoms with Crippen LogP contribution < -0.4 is 4.74 Å². The molecule has 1 aromatic heterocycles. The molecule has 0 fully saturated rings. The first kappa shape index (κ1) is 16.0. The van der Waals surface area contributed by atoms with Crippen molar-refractivity contribution in [2.75, 3.05) is 7.11 Å². The van der Waals surface area contributed by atoms with E-state index in [0.717, 1.165) is 40.1 Å². The van der Waals surface area contributed by atoms with Crippen molar-refractivity contribution in [2.45, 2.75) is 39.3 Å². The summed E-state index contributed by atoms with van der Waals surface area (Å²) in [6.07, 6.45) is 0.840. The molecule has 0 bridgehead atoms. The zero-order valence-corrected chi connectivity index (χ0v) is 14.2. The highest BCUT2D eigenvalue weighted by Crippen LogP contribution is 2.29. The number of benzene rings is 1. The quantitative estimate of drug-likeness (QED) is 0.865. The number of aliphatic hydroxyl groups is 1.